The van der Waals surface area contributed by atoms with Crippen molar-refractivity contribution in [1.29, 1.82) is 0 Å². The Hall–Kier alpha value is -0.830. The minimum atomic E-state index is 0.828. The Morgan fingerprint density at radius 1 is 1.29 bits per heavy atom. The zero-order valence-corrected chi connectivity index (χ0v) is 9.68. The van der Waals surface area contributed by atoms with Crippen LogP contribution in [-0.2, 0) is 0 Å². The molecule has 0 saturated heterocycles. The summed E-state index contributed by atoms with van der Waals surface area (Å²) >= 11 is 1.88. The van der Waals surface area contributed by atoms with Gasteiger partial charge in [-0.25, -0.2) is 0 Å². The van der Waals surface area contributed by atoms with Crippen molar-refractivity contribution in [3.05, 3.63) is 24.3 Å². The van der Waals surface area contributed by atoms with Gasteiger partial charge in [-0.15, -0.1) is 0 Å². The first kappa shape index (κ1) is 11.2. The SMILES string of the molecule is CCN(CCSC)c1ccc(N)cc1. The van der Waals surface area contributed by atoms with Crippen LogP contribution in [0.3, 0.4) is 0 Å². The maximum absolute atomic E-state index is 5.65. The highest BCUT2D eigenvalue weighted by atomic mass is 32.2. The lowest BCUT2D eigenvalue weighted by Crippen LogP contribution is -2.25. The van der Waals surface area contributed by atoms with Crippen LogP contribution in [0, 0.1) is 0 Å². The number of nitrogen functional groups attached to an aromatic ring is 1. The van der Waals surface area contributed by atoms with Gasteiger partial charge in [-0.05, 0) is 37.4 Å². The summed E-state index contributed by atoms with van der Waals surface area (Å²) < 4.78 is 0. The molecule has 0 atom stereocenters. The smallest absolute Gasteiger partial charge is 0.0367 e. The molecule has 0 aliphatic rings. The molecule has 0 amide bonds. The van der Waals surface area contributed by atoms with Crippen LogP contribution in [0.1, 0.15) is 6.92 Å². The van der Waals surface area contributed by atoms with Gasteiger partial charge < -0.3 is 10.6 Å². The predicted molar refractivity (Wildman–Crippen MR) is 67.1 cm³/mol. The summed E-state index contributed by atoms with van der Waals surface area (Å²) in [7, 11) is 0. The maximum Gasteiger partial charge on any atom is 0.0367 e. The van der Waals surface area contributed by atoms with Crippen molar-refractivity contribution in [3.8, 4) is 0 Å². The quantitative estimate of drug-likeness (QED) is 0.757. The minimum absolute atomic E-state index is 0.828. The Bertz CT molecular complexity index is 258. The molecule has 0 unspecified atom stereocenters. The number of nitrogens with two attached hydrogens (primary N) is 1. The third kappa shape index (κ3) is 3.14. The van der Waals surface area contributed by atoms with Gasteiger partial charge in [0, 0.05) is 30.2 Å². The molecular weight excluding hydrogens is 192 g/mol. The van der Waals surface area contributed by atoms with Gasteiger partial charge in [0.1, 0.15) is 0 Å². The summed E-state index contributed by atoms with van der Waals surface area (Å²) in [5.41, 5.74) is 7.73. The van der Waals surface area contributed by atoms with Crippen molar-refractivity contribution < 1.29 is 0 Å². The Morgan fingerprint density at radius 3 is 2.43 bits per heavy atom. The lowest BCUT2D eigenvalue weighted by Gasteiger charge is -2.22. The van der Waals surface area contributed by atoms with Crippen LogP contribution in [0.2, 0.25) is 0 Å². The zero-order valence-electron chi connectivity index (χ0n) is 8.86. The molecule has 0 saturated carbocycles. The molecule has 0 bridgehead atoms. The number of nitrogens with zero attached hydrogens (tertiary/aromatic N) is 1. The van der Waals surface area contributed by atoms with E-state index in [0.717, 1.165) is 24.5 Å². The Balaban J connectivity index is 2.64. The highest BCUT2D eigenvalue weighted by Gasteiger charge is 2.02. The molecule has 0 spiro atoms. The van der Waals surface area contributed by atoms with Gasteiger partial charge in [0.05, 0.1) is 0 Å². The van der Waals surface area contributed by atoms with Crippen LogP contribution >= 0.6 is 11.8 Å². The molecule has 3 heteroatoms. The normalized spacial score (nSPS) is 10.1. The Labute approximate surface area is 90.5 Å². The van der Waals surface area contributed by atoms with Crippen molar-refractivity contribution >= 4 is 23.1 Å². The van der Waals surface area contributed by atoms with Gasteiger partial charge in [0.25, 0.3) is 0 Å². The second-order valence-electron chi connectivity index (χ2n) is 3.16. The molecule has 78 valence electrons. The second-order valence-corrected chi connectivity index (χ2v) is 4.15. The molecule has 0 aliphatic heterocycles. The summed E-state index contributed by atoms with van der Waals surface area (Å²) in [5.74, 6) is 1.16. The molecule has 0 radical (unpaired) electrons. The monoisotopic (exact) mass is 210 g/mol. The summed E-state index contributed by atoms with van der Waals surface area (Å²) in [5, 5.41) is 0. The summed E-state index contributed by atoms with van der Waals surface area (Å²) in [4.78, 5) is 2.36. The summed E-state index contributed by atoms with van der Waals surface area (Å²) in [6, 6.07) is 8.08. The number of thioether (sulfide) groups is 1. The van der Waals surface area contributed by atoms with Crippen molar-refractivity contribution in [2.45, 2.75) is 6.92 Å². The van der Waals surface area contributed by atoms with E-state index in [4.69, 9.17) is 5.73 Å². The van der Waals surface area contributed by atoms with Gasteiger partial charge in [-0.1, -0.05) is 0 Å². The third-order valence-electron chi connectivity index (χ3n) is 2.21. The molecule has 14 heavy (non-hydrogen) atoms. The van der Waals surface area contributed by atoms with Gasteiger partial charge in [-0.3, -0.25) is 0 Å². The molecule has 2 N–H and O–H groups in total. The van der Waals surface area contributed by atoms with Crippen LogP contribution in [0.25, 0.3) is 0 Å². The molecule has 1 rings (SSSR count). The second kappa shape index (κ2) is 5.81. The fourth-order valence-corrected chi connectivity index (χ4v) is 1.76. The number of hydrogen-bond acceptors (Lipinski definition) is 3. The number of rotatable bonds is 5. The first-order valence-corrected chi connectivity index (χ1v) is 6.26. The molecule has 0 fully saturated rings. The van der Waals surface area contributed by atoms with E-state index in [0.29, 0.717) is 0 Å². The zero-order chi connectivity index (χ0) is 10.4. The van der Waals surface area contributed by atoms with Crippen molar-refractivity contribution in [3.63, 3.8) is 0 Å². The van der Waals surface area contributed by atoms with E-state index in [9.17, 15) is 0 Å². The topological polar surface area (TPSA) is 29.3 Å². The lowest BCUT2D eigenvalue weighted by atomic mass is 10.2. The largest absolute Gasteiger partial charge is 0.399 e. The first-order chi connectivity index (χ1) is 6.77. The highest BCUT2D eigenvalue weighted by Crippen LogP contribution is 2.16. The van der Waals surface area contributed by atoms with Crippen molar-refractivity contribution in [2.75, 3.05) is 35.7 Å². The van der Waals surface area contributed by atoms with Crippen LogP contribution in [0.15, 0.2) is 24.3 Å². The van der Waals surface area contributed by atoms with E-state index < -0.39 is 0 Å². The molecule has 1 aromatic carbocycles. The van der Waals surface area contributed by atoms with Gasteiger partial charge in [-0.2, -0.15) is 11.8 Å². The van der Waals surface area contributed by atoms with Gasteiger partial charge in [0.2, 0.25) is 0 Å². The average Bonchev–Trinajstić information content (AvgIpc) is 2.21. The van der Waals surface area contributed by atoms with Gasteiger partial charge in [0.15, 0.2) is 0 Å². The summed E-state index contributed by atoms with van der Waals surface area (Å²) in [6.07, 6.45) is 2.14. The minimum Gasteiger partial charge on any atom is -0.399 e. The number of hydrogen-bond donors (Lipinski definition) is 1. The van der Waals surface area contributed by atoms with Gasteiger partial charge >= 0.3 is 0 Å². The van der Waals surface area contributed by atoms with E-state index in [1.165, 1.54) is 5.69 Å². The molecule has 1 aromatic rings. The predicted octanol–water partition coefficient (Wildman–Crippen LogP) is 2.46. The Morgan fingerprint density at radius 2 is 1.93 bits per heavy atom. The standard InChI is InChI=1S/C11H18N2S/c1-3-13(8-9-14-2)11-6-4-10(12)5-7-11/h4-7H,3,8-9,12H2,1-2H3. The van der Waals surface area contributed by atoms with E-state index in [-0.39, 0.29) is 0 Å². The maximum atomic E-state index is 5.65. The van der Waals surface area contributed by atoms with E-state index in [1.54, 1.807) is 0 Å². The Kier molecular flexibility index (Phi) is 4.66. The van der Waals surface area contributed by atoms with Crippen LogP contribution in [0.4, 0.5) is 11.4 Å². The van der Waals surface area contributed by atoms with E-state index in [1.807, 2.05) is 23.9 Å². The van der Waals surface area contributed by atoms with Crippen LogP contribution in [-0.4, -0.2) is 25.1 Å². The fraction of sp³-hybridized carbons (Fsp3) is 0.455. The van der Waals surface area contributed by atoms with E-state index >= 15 is 0 Å². The van der Waals surface area contributed by atoms with Crippen LogP contribution in [0.5, 0.6) is 0 Å². The molecule has 2 nitrogen and oxygen atoms in total. The molecule has 0 heterocycles. The van der Waals surface area contributed by atoms with Crippen LogP contribution < -0.4 is 10.6 Å². The fourth-order valence-electron chi connectivity index (χ4n) is 1.36. The number of anilines is 2. The number of benzene rings is 1. The van der Waals surface area contributed by atoms with E-state index in [2.05, 4.69) is 30.2 Å². The molecule has 0 aliphatic carbocycles. The van der Waals surface area contributed by atoms with Crippen molar-refractivity contribution in [2.24, 2.45) is 0 Å². The first-order valence-electron chi connectivity index (χ1n) is 4.87. The third-order valence-corrected chi connectivity index (χ3v) is 2.80. The highest BCUT2D eigenvalue weighted by molar-refractivity contribution is 7.98. The summed E-state index contributed by atoms with van der Waals surface area (Å²) in [6.45, 7) is 4.32. The molecular formula is C11H18N2S. The average molecular weight is 210 g/mol. The molecule has 0 aromatic heterocycles. The lowest BCUT2D eigenvalue weighted by molar-refractivity contribution is 0.873. The van der Waals surface area contributed by atoms with Crippen molar-refractivity contribution in [1.82, 2.24) is 0 Å².